The van der Waals surface area contributed by atoms with Crippen molar-refractivity contribution in [3.8, 4) is 0 Å². The molecule has 3 aliphatic carbocycles. The van der Waals surface area contributed by atoms with Gasteiger partial charge in [0.2, 0.25) is 11.8 Å². The number of Topliss-reactive ketones (excluding diaryl/α,β-unsaturated/α-hetero) is 4. The van der Waals surface area contributed by atoms with Crippen LogP contribution in [0.2, 0.25) is 0 Å². The van der Waals surface area contributed by atoms with Gasteiger partial charge in [0.25, 0.3) is 0 Å². The molecule has 5 rings (SSSR count). The van der Waals surface area contributed by atoms with Crippen molar-refractivity contribution in [1.82, 2.24) is 9.88 Å². The van der Waals surface area contributed by atoms with Gasteiger partial charge in [0, 0.05) is 48.5 Å². The highest BCUT2D eigenvalue weighted by atomic mass is 32.1. The van der Waals surface area contributed by atoms with Gasteiger partial charge < -0.3 is 32.1 Å². The van der Waals surface area contributed by atoms with Crippen LogP contribution in [0, 0.1) is 23.7 Å². The molecule has 1 heterocycles. The third-order valence-electron chi connectivity index (χ3n) is 8.73. The maximum absolute atomic E-state index is 14.1. The number of fused-ring (bicyclic) bond motifs is 3. The first-order valence-electron chi connectivity index (χ1n) is 14.1. The smallest absolute Gasteiger partial charge is 0.246 e. The number of nitrogens with one attached hydrogen (secondary N) is 2. The fourth-order valence-corrected chi connectivity index (χ4v) is 7.38. The van der Waals surface area contributed by atoms with Crippen LogP contribution in [0.5, 0.6) is 0 Å². The van der Waals surface area contributed by atoms with E-state index in [2.05, 4.69) is 20.6 Å². The number of carbonyl (C=O) groups excluding carboxylic acids is 6. The van der Waals surface area contributed by atoms with Crippen molar-refractivity contribution >= 4 is 68.8 Å². The molecule has 2 fully saturated rings. The molecule has 0 spiro atoms. The number of benzene rings is 1. The second kappa shape index (κ2) is 11.8. The summed E-state index contributed by atoms with van der Waals surface area (Å²) in [5, 5.41) is 19.5. The monoisotopic (exact) mass is 638 g/mol. The summed E-state index contributed by atoms with van der Waals surface area (Å²) in [5.41, 5.74) is 10.1. The molecule has 45 heavy (non-hydrogen) atoms. The van der Waals surface area contributed by atoms with Crippen LogP contribution in [0.3, 0.4) is 0 Å². The second-order valence-electron chi connectivity index (χ2n) is 11.9. The first kappa shape index (κ1) is 31.9. The summed E-state index contributed by atoms with van der Waals surface area (Å²) in [4.78, 5) is 91.0. The van der Waals surface area contributed by atoms with E-state index < -0.39 is 70.3 Å². The SMILES string of the molecule is CN(C)c1cc(NC(=O)CN=C(N)Nc2nccs2)cc2c1CC1CC3[C@H](N(C)C)C(=O)C(C(N)=O)C(=O)[C@@]3(O)C(=O)C1C2=O. The molecule has 3 aliphatic rings. The van der Waals surface area contributed by atoms with Crippen LogP contribution in [0.15, 0.2) is 28.7 Å². The minimum atomic E-state index is -2.75. The van der Waals surface area contributed by atoms with Gasteiger partial charge in [0.05, 0.1) is 12.0 Å². The predicted octanol–water partition coefficient (Wildman–Crippen LogP) is -0.951. The van der Waals surface area contributed by atoms with Gasteiger partial charge in [-0.25, -0.2) is 9.98 Å². The number of hydrogen-bond acceptors (Lipinski definition) is 12. The van der Waals surface area contributed by atoms with Gasteiger partial charge in [0.1, 0.15) is 6.54 Å². The molecule has 6 atom stereocenters. The Bertz CT molecular complexity index is 1640. The zero-order valence-corrected chi connectivity index (χ0v) is 25.9. The number of primary amides is 1. The average molecular weight is 639 g/mol. The summed E-state index contributed by atoms with van der Waals surface area (Å²) in [6.07, 6.45) is 1.82. The van der Waals surface area contributed by atoms with Crippen LogP contribution in [0.4, 0.5) is 16.5 Å². The van der Waals surface area contributed by atoms with Crippen LogP contribution in [-0.2, 0) is 30.4 Å². The molecular weight excluding hydrogens is 604 g/mol. The maximum Gasteiger partial charge on any atom is 0.246 e. The van der Waals surface area contributed by atoms with Gasteiger partial charge in [-0.1, -0.05) is 0 Å². The highest BCUT2D eigenvalue weighted by Crippen LogP contribution is 2.51. The van der Waals surface area contributed by atoms with Crippen LogP contribution in [0.1, 0.15) is 22.3 Å². The minimum absolute atomic E-state index is 0.00368. The largest absolute Gasteiger partial charge is 0.377 e. The van der Waals surface area contributed by atoms with Crippen molar-refractivity contribution in [3.63, 3.8) is 0 Å². The number of ketones is 4. The highest BCUT2D eigenvalue weighted by molar-refractivity contribution is 7.13. The normalized spacial score (nSPS) is 27.9. The molecule has 1 aromatic carbocycles. The zero-order valence-electron chi connectivity index (χ0n) is 25.1. The molecule has 2 amide bonds. The third kappa shape index (κ3) is 5.38. The van der Waals surface area contributed by atoms with Crippen molar-refractivity contribution < 1.29 is 33.9 Å². The van der Waals surface area contributed by atoms with Gasteiger partial charge in [-0.2, -0.15) is 0 Å². The number of hydrogen-bond donors (Lipinski definition) is 5. The topological polar surface area (TPSA) is 230 Å². The maximum atomic E-state index is 14.1. The van der Waals surface area contributed by atoms with Crippen molar-refractivity contribution in [2.45, 2.75) is 24.5 Å². The Morgan fingerprint density at radius 1 is 1.11 bits per heavy atom. The Morgan fingerprint density at radius 3 is 2.42 bits per heavy atom. The van der Waals surface area contributed by atoms with Gasteiger partial charge in [0.15, 0.2) is 45.7 Å². The molecule has 7 N–H and O–H groups in total. The first-order valence-corrected chi connectivity index (χ1v) is 15.0. The molecule has 0 saturated heterocycles. The molecule has 4 unspecified atom stereocenters. The van der Waals surface area contributed by atoms with E-state index in [9.17, 15) is 33.9 Å². The Morgan fingerprint density at radius 2 is 1.82 bits per heavy atom. The van der Waals surface area contributed by atoms with E-state index in [0.29, 0.717) is 16.4 Å². The van der Waals surface area contributed by atoms with Crippen molar-refractivity contribution in [1.29, 1.82) is 0 Å². The summed E-state index contributed by atoms with van der Waals surface area (Å²) in [5.74, 6) is -10.8. The molecule has 0 radical (unpaired) electrons. The summed E-state index contributed by atoms with van der Waals surface area (Å²) in [7, 11) is 6.63. The van der Waals surface area contributed by atoms with E-state index >= 15 is 0 Å². The number of likely N-dealkylation sites (N-methyl/N-ethyl adjacent to an activating group) is 1. The van der Waals surface area contributed by atoms with Gasteiger partial charge >= 0.3 is 0 Å². The van der Waals surface area contributed by atoms with E-state index in [0.717, 1.165) is 0 Å². The molecule has 16 heteroatoms. The van der Waals surface area contributed by atoms with Crippen LogP contribution >= 0.6 is 11.3 Å². The minimum Gasteiger partial charge on any atom is -0.377 e. The number of anilines is 3. The van der Waals surface area contributed by atoms with Crippen LogP contribution in [-0.4, -0.2) is 102 Å². The van der Waals surface area contributed by atoms with Crippen molar-refractivity contribution in [2.24, 2.45) is 40.1 Å². The van der Waals surface area contributed by atoms with E-state index in [1.54, 1.807) is 50.7 Å². The number of carbonyl (C=O) groups is 6. The molecular formula is C29H34N8O7S. The fraction of sp³-hybridized carbons (Fsp3) is 0.448. The number of thiazole rings is 1. The summed E-state index contributed by atoms with van der Waals surface area (Å²) in [6.45, 7) is -0.334. The number of aliphatic hydroxyl groups is 1. The Labute approximate surface area is 262 Å². The Kier molecular flexibility index (Phi) is 8.33. The van der Waals surface area contributed by atoms with E-state index in [-0.39, 0.29) is 36.6 Å². The van der Waals surface area contributed by atoms with Gasteiger partial charge in [-0.05, 0) is 50.6 Å². The van der Waals surface area contributed by atoms with Gasteiger partial charge in [-0.15, -0.1) is 11.3 Å². The molecule has 2 aromatic rings. The lowest BCUT2D eigenvalue weighted by Crippen LogP contribution is -2.74. The highest BCUT2D eigenvalue weighted by Gasteiger charge is 2.69. The van der Waals surface area contributed by atoms with Crippen LogP contribution in [0.25, 0.3) is 0 Å². The Balaban J connectivity index is 1.47. The van der Waals surface area contributed by atoms with E-state index in [1.807, 2.05) is 0 Å². The summed E-state index contributed by atoms with van der Waals surface area (Å²) in [6, 6.07) is 2.00. The average Bonchev–Trinajstić information content (AvgIpc) is 3.46. The lowest BCUT2D eigenvalue weighted by molar-refractivity contribution is -0.181. The number of aliphatic imine (C=N–C) groups is 1. The third-order valence-corrected chi connectivity index (χ3v) is 9.41. The standard InChI is InChI=1S/C29H34N8O7S/c1-36(2)17-10-13(34-18(38)11-33-27(31)35-28-32-5-6-45-28)9-15-14(17)7-12-8-16-21(37(3)4)23(40)20(26(30)43)25(42)29(16,44)24(41)19(12)22(15)39/h5-6,9-10,12,16,19-21,44H,7-8,11H2,1-4H3,(H2,30,43)(H,34,38)(H3,31,32,33,35)/t12?,16?,19?,20?,21-,29-/m0/s1. The number of rotatable bonds is 7. The quantitative estimate of drug-likeness (QED) is 0.140. The predicted molar refractivity (Wildman–Crippen MR) is 165 cm³/mol. The number of amides is 2. The summed E-state index contributed by atoms with van der Waals surface area (Å²) >= 11 is 1.31. The lowest BCUT2D eigenvalue weighted by Gasteiger charge is -2.52. The molecule has 15 nitrogen and oxygen atoms in total. The van der Waals surface area contributed by atoms with Gasteiger partial charge in [-0.3, -0.25) is 33.7 Å². The number of nitrogens with zero attached hydrogens (tertiary/aromatic N) is 4. The molecule has 0 aliphatic heterocycles. The van der Waals surface area contributed by atoms with Crippen molar-refractivity contribution in [3.05, 3.63) is 34.8 Å². The number of nitrogens with two attached hydrogens (primary N) is 2. The second-order valence-corrected chi connectivity index (χ2v) is 12.8. The van der Waals surface area contributed by atoms with Crippen LogP contribution < -0.4 is 27.0 Å². The fourth-order valence-electron chi connectivity index (χ4n) is 6.85. The first-order chi connectivity index (χ1) is 21.2. The summed E-state index contributed by atoms with van der Waals surface area (Å²) < 4.78 is 0. The number of aromatic nitrogens is 1. The molecule has 2 saturated carbocycles. The Hall–Kier alpha value is -4.54. The van der Waals surface area contributed by atoms with E-state index in [4.69, 9.17) is 11.5 Å². The molecule has 0 bridgehead atoms. The van der Waals surface area contributed by atoms with Crippen molar-refractivity contribution in [2.75, 3.05) is 50.3 Å². The number of guanidine groups is 1. The molecule has 238 valence electrons. The zero-order chi connectivity index (χ0) is 33.0. The lowest BCUT2D eigenvalue weighted by atomic mass is 9.52. The van der Waals surface area contributed by atoms with E-state index in [1.165, 1.54) is 22.3 Å². The molecule has 1 aromatic heterocycles.